The van der Waals surface area contributed by atoms with E-state index >= 15 is 0 Å². The second-order valence-corrected chi connectivity index (χ2v) is 8.26. The molecule has 1 heterocycles. The summed E-state index contributed by atoms with van der Waals surface area (Å²) >= 11 is 1.87. The first kappa shape index (κ1) is 16.8. The van der Waals surface area contributed by atoms with Crippen LogP contribution in [-0.2, 0) is 0 Å². The van der Waals surface area contributed by atoms with Crippen molar-refractivity contribution in [3.05, 3.63) is 17.5 Å². The molecule has 118 valence electrons. The monoisotopic (exact) mass is 307 g/mol. The lowest BCUT2D eigenvalue weighted by molar-refractivity contribution is 0.214. The van der Waals surface area contributed by atoms with Crippen molar-refractivity contribution in [1.82, 2.24) is 15.3 Å². The van der Waals surface area contributed by atoms with E-state index in [0.29, 0.717) is 16.7 Å². The Morgan fingerprint density at radius 2 is 1.95 bits per heavy atom. The Kier molecular flexibility index (Phi) is 5.67. The average molecular weight is 308 g/mol. The van der Waals surface area contributed by atoms with Crippen molar-refractivity contribution in [2.45, 2.75) is 76.8 Å². The van der Waals surface area contributed by atoms with E-state index in [0.717, 1.165) is 23.1 Å². The van der Waals surface area contributed by atoms with Crippen LogP contribution in [0.15, 0.2) is 11.2 Å². The minimum atomic E-state index is 0.431. The summed E-state index contributed by atoms with van der Waals surface area (Å²) < 4.78 is 0. The van der Waals surface area contributed by atoms with Gasteiger partial charge in [-0.2, -0.15) is 0 Å². The lowest BCUT2D eigenvalue weighted by Crippen LogP contribution is -2.45. The molecule has 2 rings (SSSR count). The molecule has 1 aromatic heterocycles. The molecule has 0 saturated heterocycles. The number of aromatic nitrogens is 2. The molecule has 21 heavy (non-hydrogen) atoms. The first-order valence-corrected chi connectivity index (χ1v) is 9.00. The number of aryl methyl sites for hydroxylation is 2. The number of hydrogen-bond donors (Lipinski definition) is 1. The topological polar surface area (TPSA) is 37.8 Å². The molecule has 0 aromatic carbocycles. The highest BCUT2D eigenvalue weighted by atomic mass is 32.2. The van der Waals surface area contributed by atoms with Crippen molar-refractivity contribution >= 4 is 11.8 Å². The van der Waals surface area contributed by atoms with Gasteiger partial charge in [0, 0.05) is 22.7 Å². The molecule has 3 nitrogen and oxygen atoms in total. The maximum atomic E-state index is 4.61. The maximum Gasteiger partial charge on any atom is 0.188 e. The number of nitrogens with zero attached hydrogens (tertiary/aromatic N) is 2. The highest BCUT2D eigenvalue weighted by Crippen LogP contribution is 2.42. The van der Waals surface area contributed by atoms with E-state index < -0.39 is 0 Å². The molecule has 0 radical (unpaired) electrons. The third kappa shape index (κ3) is 4.96. The molecule has 0 aliphatic heterocycles. The van der Waals surface area contributed by atoms with Gasteiger partial charge in [0.25, 0.3) is 0 Å². The van der Waals surface area contributed by atoms with E-state index in [2.05, 4.69) is 49.9 Å². The van der Waals surface area contributed by atoms with Crippen molar-refractivity contribution < 1.29 is 0 Å². The van der Waals surface area contributed by atoms with Gasteiger partial charge in [0.15, 0.2) is 5.16 Å². The summed E-state index contributed by atoms with van der Waals surface area (Å²) in [5.41, 5.74) is 2.57. The van der Waals surface area contributed by atoms with Gasteiger partial charge in [-0.05, 0) is 57.6 Å². The van der Waals surface area contributed by atoms with Crippen LogP contribution in [0.1, 0.15) is 57.8 Å². The molecule has 0 amide bonds. The first-order chi connectivity index (χ1) is 9.89. The quantitative estimate of drug-likeness (QED) is 0.830. The number of thioether (sulfide) groups is 1. The highest BCUT2D eigenvalue weighted by Gasteiger charge is 2.35. The second kappa shape index (κ2) is 7.10. The van der Waals surface area contributed by atoms with E-state index in [1.807, 2.05) is 17.8 Å². The van der Waals surface area contributed by atoms with Gasteiger partial charge in [-0.25, -0.2) is 9.97 Å². The van der Waals surface area contributed by atoms with Crippen LogP contribution < -0.4 is 5.32 Å². The van der Waals surface area contributed by atoms with Gasteiger partial charge in [-0.1, -0.05) is 32.5 Å². The largest absolute Gasteiger partial charge is 0.313 e. The Hall–Kier alpha value is -0.610. The molecule has 1 aliphatic carbocycles. The minimum Gasteiger partial charge on any atom is -0.313 e. The van der Waals surface area contributed by atoms with Crippen molar-refractivity contribution in [3.63, 3.8) is 0 Å². The number of nitrogens with one attached hydrogen (secondary N) is 1. The van der Waals surface area contributed by atoms with Gasteiger partial charge in [0.05, 0.1) is 0 Å². The molecule has 0 bridgehead atoms. The van der Waals surface area contributed by atoms with Crippen LogP contribution in [0.4, 0.5) is 0 Å². The fourth-order valence-electron chi connectivity index (χ4n) is 3.09. The summed E-state index contributed by atoms with van der Waals surface area (Å²) in [6.07, 6.45) is 4.99. The Balaban J connectivity index is 2.11. The molecule has 1 aliphatic rings. The predicted molar refractivity (Wildman–Crippen MR) is 90.9 cm³/mol. The Morgan fingerprint density at radius 3 is 2.57 bits per heavy atom. The van der Waals surface area contributed by atoms with Crippen LogP contribution in [0.5, 0.6) is 0 Å². The molecule has 2 unspecified atom stereocenters. The summed E-state index contributed by atoms with van der Waals surface area (Å²) in [6, 6.07) is 2.63. The van der Waals surface area contributed by atoms with Gasteiger partial charge in [-0.15, -0.1) is 0 Å². The SMILES string of the molecule is CCCNC1CCC(C)(C)CC1Sc1nc(C)cc(C)n1. The fourth-order valence-corrected chi connectivity index (χ4v) is 4.69. The summed E-state index contributed by atoms with van der Waals surface area (Å²) in [7, 11) is 0. The van der Waals surface area contributed by atoms with Crippen LogP contribution in [0.3, 0.4) is 0 Å². The van der Waals surface area contributed by atoms with E-state index in [-0.39, 0.29) is 0 Å². The summed E-state index contributed by atoms with van der Waals surface area (Å²) in [6.45, 7) is 12.2. The maximum absolute atomic E-state index is 4.61. The van der Waals surface area contributed by atoms with E-state index in [4.69, 9.17) is 0 Å². The Morgan fingerprint density at radius 1 is 1.29 bits per heavy atom. The standard InChI is InChI=1S/C17H29N3S/c1-6-9-18-14-7-8-17(4,5)11-15(14)21-16-19-12(2)10-13(3)20-16/h10,14-15,18H,6-9,11H2,1-5H3. The third-order valence-corrected chi connectivity index (χ3v) is 5.40. The zero-order valence-electron chi connectivity index (χ0n) is 14.1. The lowest BCUT2D eigenvalue weighted by Gasteiger charge is -2.40. The zero-order chi connectivity index (χ0) is 15.5. The molecule has 1 saturated carbocycles. The van der Waals surface area contributed by atoms with E-state index in [1.54, 1.807) is 0 Å². The molecule has 1 fully saturated rings. The van der Waals surface area contributed by atoms with Gasteiger partial charge in [-0.3, -0.25) is 0 Å². The van der Waals surface area contributed by atoms with Gasteiger partial charge in [0.1, 0.15) is 0 Å². The third-order valence-electron chi connectivity index (χ3n) is 4.21. The molecule has 4 heteroatoms. The fraction of sp³-hybridized carbons (Fsp3) is 0.765. The van der Waals surface area contributed by atoms with Gasteiger partial charge in [0.2, 0.25) is 0 Å². The Bertz CT molecular complexity index is 453. The number of rotatable bonds is 5. The highest BCUT2D eigenvalue weighted by molar-refractivity contribution is 7.99. The predicted octanol–water partition coefficient (Wildman–Crippen LogP) is 4.13. The molecular formula is C17H29N3S. The van der Waals surface area contributed by atoms with E-state index in [1.165, 1.54) is 25.7 Å². The molecular weight excluding hydrogens is 278 g/mol. The van der Waals surface area contributed by atoms with Crippen LogP contribution in [0.2, 0.25) is 0 Å². The van der Waals surface area contributed by atoms with Gasteiger partial charge >= 0.3 is 0 Å². The zero-order valence-corrected chi connectivity index (χ0v) is 14.9. The van der Waals surface area contributed by atoms with Crippen LogP contribution in [-0.4, -0.2) is 27.8 Å². The lowest BCUT2D eigenvalue weighted by atomic mass is 9.75. The van der Waals surface area contributed by atoms with E-state index in [9.17, 15) is 0 Å². The summed E-state index contributed by atoms with van der Waals surface area (Å²) in [5, 5.41) is 5.25. The normalized spacial score (nSPS) is 25.0. The van der Waals surface area contributed by atoms with Crippen molar-refractivity contribution in [3.8, 4) is 0 Å². The second-order valence-electron chi connectivity index (χ2n) is 7.06. The molecule has 1 N–H and O–H groups in total. The van der Waals surface area contributed by atoms with Crippen molar-refractivity contribution in [1.29, 1.82) is 0 Å². The molecule has 0 spiro atoms. The van der Waals surface area contributed by atoms with Crippen molar-refractivity contribution in [2.75, 3.05) is 6.54 Å². The van der Waals surface area contributed by atoms with Crippen molar-refractivity contribution in [2.24, 2.45) is 5.41 Å². The Labute approximate surface area is 133 Å². The van der Waals surface area contributed by atoms with Crippen LogP contribution in [0.25, 0.3) is 0 Å². The molecule has 2 atom stereocenters. The summed E-state index contributed by atoms with van der Waals surface area (Å²) in [5.74, 6) is 0. The smallest absolute Gasteiger partial charge is 0.188 e. The minimum absolute atomic E-state index is 0.431. The first-order valence-electron chi connectivity index (χ1n) is 8.12. The van der Waals surface area contributed by atoms with Crippen LogP contribution >= 0.6 is 11.8 Å². The molecule has 1 aromatic rings. The van der Waals surface area contributed by atoms with Crippen LogP contribution in [0, 0.1) is 19.3 Å². The summed E-state index contributed by atoms with van der Waals surface area (Å²) in [4.78, 5) is 9.23. The average Bonchev–Trinajstić information content (AvgIpc) is 2.36. The number of hydrogen-bond acceptors (Lipinski definition) is 4. The van der Waals surface area contributed by atoms with Gasteiger partial charge < -0.3 is 5.32 Å².